The molecule has 0 saturated heterocycles. The summed E-state index contributed by atoms with van der Waals surface area (Å²) in [6, 6.07) is 12.0. The third-order valence-electron chi connectivity index (χ3n) is 3.58. The summed E-state index contributed by atoms with van der Waals surface area (Å²) in [6.45, 7) is 5.45. The number of carbonyl (C=O) groups is 1. The van der Waals surface area contributed by atoms with Crippen molar-refractivity contribution >= 4 is 16.9 Å². The first-order valence-electron chi connectivity index (χ1n) is 7.77. The summed E-state index contributed by atoms with van der Waals surface area (Å²) in [5.41, 5.74) is 2.52. The van der Waals surface area contributed by atoms with Crippen molar-refractivity contribution in [2.24, 2.45) is 5.92 Å². The number of pyridine rings is 1. The Bertz CT molecular complexity index is 808. The molecule has 1 aromatic carbocycles. The molecule has 0 aliphatic rings. The Morgan fingerprint density at radius 2 is 2.00 bits per heavy atom. The number of hydrogen-bond acceptors (Lipinski definition) is 3. The van der Waals surface area contributed by atoms with Crippen LogP contribution >= 0.6 is 0 Å². The largest absolute Gasteiger partial charge is 0.352 e. The Morgan fingerprint density at radius 1 is 1.22 bits per heavy atom. The Labute approximate surface area is 135 Å². The van der Waals surface area contributed by atoms with E-state index in [2.05, 4.69) is 41.4 Å². The Hall–Kier alpha value is -2.69. The quantitative estimate of drug-likeness (QED) is 0.788. The van der Waals surface area contributed by atoms with Crippen LogP contribution in [0.3, 0.4) is 0 Å². The fourth-order valence-corrected chi connectivity index (χ4v) is 2.37. The molecule has 3 rings (SSSR count). The second kappa shape index (κ2) is 6.60. The molecule has 0 saturated carbocycles. The molecular formula is C18H20N4O. The number of aromatic nitrogens is 3. The van der Waals surface area contributed by atoms with Gasteiger partial charge in [0.05, 0.1) is 18.3 Å². The fourth-order valence-electron chi connectivity index (χ4n) is 2.37. The van der Waals surface area contributed by atoms with E-state index in [1.54, 1.807) is 12.4 Å². The van der Waals surface area contributed by atoms with Crippen molar-refractivity contribution in [3.63, 3.8) is 0 Å². The average Bonchev–Trinajstić information content (AvgIpc) is 2.96. The number of nitrogens with one attached hydrogen (secondary N) is 1. The monoisotopic (exact) mass is 308 g/mol. The van der Waals surface area contributed by atoms with E-state index in [4.69, 9.17) is 0 Å². The number of carbonyl (C=O) groups excluding carboxylic acids is 1. The third kappa shape index (κ3) is 3.56. The van der Waals surface area contributed by atoms with Crippen LogP contribution in [0.4, 0.5) is 0 Å². The van der Waals surface area contributed by atoms with Crippen LogP contribution in [0.2, 0.25) is 0 Å². The highest BCUT2D eigenvalue weighted by Crippen LogP contribution is 2.14. The molecule has 5 nitrogen and oxygen atoms in total. The van der Waals surface area contributed by atoms with Gasteiger partial charge in [-0.2, -0.15) is 5.10 Å². The van der Waals surface area contributed by atoms with Crippen LogP contribution in [0.1, 0.15) is 29.8 Å². The van der Waals surface area contributed by atoms with Crippen LogP contribution in [0.15, 0.2) is 48.8 Å². The standard InChI is InChI=1S/C18H20N4O/c1-13(2)9-20-18(23)16-8-15-11-21-22(17(15)19-10-16)12-14-6-4-3-5-7-14/h3-8,10-11,13H,9,12H2,1-2H3,(H,20,23). The number of benzene rings is 1. The minimum atomic E-state index is -0.0936. The van der Waals surface area contributed by atoms with Crippen molar-refractivity contribution < 1.29 is 4.79 Å². The van der Waals surface area contributed by atoms with Gasteiger partial charge in [-0.25, -0.2) is 9.67 Å². The molecule has 118 valence electrons. The molecule has 2 aromatic heterocycles. The van der Waals surface area contributed by atoms with Crippen LogP contribution < -0.4 is 5.32 Å². The van der Waals surface area contributed by atoms with Crippen LogP contribution in [0.25, 0.3) is 11.0 Å². The van der Waals surface area contributed by atoms with Crippen molar-refractivity contribution in [2.75, 3.05) is 6.54 Å². The van der Waals surface area contributed by atoms with E-state index in [9.17, 15) is 4.79 Å². The first-order chi connectivity index (χ1) is 11.1. The number of hydrogen-bond donors (Lipinski definition) is 1. The van der Waals surface area contributed by atoms with Gasteiger partial charge in [0.2, 0.25) is 0 Å². The van der Waals surface area contributed by atoms with Gasteiger partial charge in [0.25, 0.3) is 5.91 Å². The predicted molar refractivity (Wildman–Crippen MR) is 90.2 cm³/mol. The number of nitrogens with zero attached hydrogens (tertiary/aromatic N) is 3. The van der Waals surface area contributed by atoms with Crippen LogP contribution in [0.5, 0.6) is 0 Å². The molecule has 0 atom stereocenters. The molecule has 0 aliphatic carbocycles. The molecule has 0 aliphatic heterocycles. The fraction of sp³-hybridized carbons (Fsp3) is 0.278. The van der Waals surface area contributed by atoms with Crippen molar-refractivity contribution in [1.29, 1.82) is 0 Å². The van der Waals surface area contributed by atoms with E-state index in [0.717, 1.165) is 16.6 Å². The minimum Gasteiger partial charge on any atom is -0.352 e. The summed E-state index contributed by atoms with van der Waals surface area (Å²) in [5, 5.41) is 8.16. The Morgan fingerprint density at radius 3 is 2.74 bits per heavy atom. The highest BCUT2D eigenvalue weighted by atomic mass is 16.1. The number of fused-ring (bicyclic) bond motifs is 1. The lowest BCUT2D eigenvalue weighted by Gasteiger charge is -2.07. The molecule has 0 bridgehead atoms. The van der Waals surface area contributed by atoms with E-state index in [1.807, 2.05) is 28.9 Å². The summed E-state index contributed by atoms with van der Waals surface area (Å²) < 4.78 is 1.85. The lowest BCUT2D eigenvalue weighted by atomic mass is 10.2. The zero-order chi connectivity index (χ0) is 16.2. The second-order valence-corrected chi connectivity index (χ2v) is 6.03. The van der Waals surface area contributed by atoms with E-state index >= 15 is 0 Å². The molecule has 23 heavy (non-hydrogen) atoms. The lowest BCUT2D eigenvalue weighted by Crippen LogP contribution is -2.27. The second-order valence-electron chi connectivity index (χ2n) is 6.03. The van der Waals surface area contributed by atoms with Crippen LogP contribution in [-0.4, -0.2) is 27.2 Å². The van der Waals surface area contributed by atoms with Gasteiger partial charge in [0.15, 0.2) is 5.65 Å². The first-order valence-corrected chi connectivity index (χ1v) is 7.77. The van der Waals surface area contributed by atoms with Gasteiger partial charge < -0.3 is 5.32 Å². The van der Waals surface area contributed by atoms with E-state index in [0.29, 0.717) is 24.6 Å². The highest BCUT2D eigenvalue weighted by Gasteiger charge is 2.10. The Balaban J connectivity index is 1.81. The van der Waals surface area contributed by atoms with Gasteiger partial charge in [-0.1, -0.05) is 44.2 Å². The van der Waals surface area contributed by atoms with Gasteiger partial charge in [-0.15, -0.1) is 0 Å². The third-order valence-corrected chi connectivity index (χ3v) is 3.58. The maximum atomic E-state index is 12.1. The SMILES string of the molecule is CC(C)CNC(=O)c1cnc2c(cnn2Cc2ccccc2)c1. The summed E-state index contributed by atoms with van der Waals surface area (Å²) >= 11 is 0. The predicted octanol–water partition coefficient (Wildman–Crippen LogP) is 2.87. The van der Waals surface area contributed by atoms with Crippen LogP contribution in [0, 0.1) is 5.92 Å². The van der Waals surface area contributed by atoms with Gasteiger partial charge in [-0.05, 0) is 17.5 Å². The maximum absolute atomic E-state index is 12.1. The minimum absolute atomic E-state index is 0.0936. The van der Waals surface area contributed by atoms with Gasteiger partial charge in [-0.3, -0.25) is 4.79 Å². The zero-order valence-electron chi connectivity index (χ0n) is 13.4. The van der Waals surface area contributed by atoms with E-state index < -0.39 is 0 Å². The molecule has 0 fully saturated rings. The topological polar surface area (TPSA) is 59.8 Å². The molecule has 0 spiro atoms. The van der Waals surface area contributed by atoms with Crippen molar-refractivity contribution in [3.05, 3.63) is 59.9 Å². The smallest absolute Gasteiger partial charge is 0.252 e. The summed E-state index contributed by atoms with van der Waals surface area (Å²) in [7, 11) is 0. The molecule has 3 aromatic rings. The molecule has 1 N–H and O–H groups in total. The van der Waals surface area contributed by atoms with E-state index in [-0.39, 0.29) is 5.91 Å². The number of rotatable bonds is 5. The molecule has 2 heterocycles. The normalized spacial score (nSPS) is 11.1. The molecule has 1 amide bonds. The average molecular weight is 308 g/mol. The van der Waals surface area contributed by atoms with E-state index in [1.165, 1.54) is 0 Å². The summed E-state index contributed by atoms with van der Waals surface area (Å²) in [6.07, 6.45) is 3.37. The van der Waals surface area contributed by atoms with Crippen molar-refractivity contribution in [3.8, 4) is 0 Å². The Kier molecular flexibility index (Phi) is 4.37. The molecule has 0 radical (unpaired) electrons. The molecule has 5 heteroatoms. The maximum Gasteiger partial charge on any atom is 0.252 e. The van der Waals surface area contributed by atoms with Crippen LogP contribution in [-0.2, 0) is 6.54 Å². The van der Waals surface area contributed by atoms with Gasteiger partial charge in [0, 0.05) is 18.1 Å². The van der Waals surface area contributed by atoms with Crippen molar-refractivity contribution in [2.45, 2.75) is 20.4 Å². The first kappa shape index (κ1) is 15.2. The number of amides is 1. The van der Waals surface area contributed by atoms with Gasteiger partial charge >= 0.3 is 0 Å². The lowest BCUT2D eigenvalue weighted by molar-refractivity contribution is 0.0949. The molecular weight excluding hydrogens is 288 g/mol. The summed E-state index contributed by atoms with van der Waals surface area (Å²) in [5.74, 6) is 0.327. The summed E-state index contributed by atoms with van der Waals surface area (Å²) in [4.78, 5) is 16.5. The van der Waals surface area contributed by atoms with Gasteiger partial charge in [0.1, 0.15) is 0 Å². The zero-order valence-corrected chi connectivity index (χ0v) is 13.4. The molecule has 0 unspecified atom stereocenters. The van der Waals surface area contributed by atoms with Crippen molar-refractivity contribution in [1.82, 2.24) is 20.1 Å². The highest BCUT2D eigenvalue weighted by molar-refractivity contribution is 5.96.